The zero-order chi connectivity index (χ0) is 33.5. The predicted octanol–water partition coefficient (Wildman–Crippen LogP) is 8.24. The number of imidazole rings is 1. The number of hydrogen-bond donors (Lipinski definition) is 1. The fourth-order valence-electron chi connectivity index (χ4n) is 6.40. The fourth-order valence-corrected chi connectivity index (χ4v) is 6.40. The number of carbonyl (C=O) groups is 1. The predicted molar refractivity (Wildman–Crippen MR) is 195 cm³/mol. The zero-order valence-corrected chi connectivity index (χ0v) is 29.5. The molecule has 1 heterocycles. The SMILES string of the molecule is CCN(CC)c1ccc(-c2nc(-c3ccc(N(CC)CC)c(OC)c3)n(C(=O)NC)c2-c2ccc(N(CC)CC)cc2C)c(C)c1. The van der Waals surface area contributed by atoms with Gasteiger partial charge >= 0.3 is 6.03 Å². The highest BCUT2D eigenvalue weighted by Gasteiger charge is 2.28. The molecule has 0 aliphatic rings. The molecule has 1 aromatic heterocycles. The number of benzene rings is 3. The van der Waals surface area contributed by atoms with E-state index in [1.807, 2.05) is 12.1 Å². The molecule has 4 rings (SSSR count). The van der Waals surface area contributed by atoms with Crippen LogP contribution in [0.5, 0.6) is 5.75 Å². The first kappa shape index (κ1) is 34.4. The number of amides is 1. The minimum absolute atomic E-state index is 0.250. The Balaban J connectivity index is 2.06. The molecule has 3 aromatic carbocycles. The summed E-state index contributed by atoms with van der Waals surface area (Å²) in [7, 11) is 3.36. The monoisotopic (exact) mass is 624 g/mol. The second kappa shape index (κ2) is 15.2. The van der Waals surface area contributed by atoms with E-state index in [0.29, 0.717) is 5.82 Å². The van der Waals surface area contributed by atoms with Crippen molar-refractivity contribution in [3.63, 3.8) is 0 Å². The maximum absolute atomic E-state index is 13.9. The zero-order valence-electron chi connectivity index (χ0n) is 29.5. The van der Waals surface area contributed by atoms with Crippen LogP contribution >= 0.6 is 0 Å². The molecule has 0 fully saturated rings. The first-order chi connectivity index (χ1) is 22.2. The summed E-state index contributed by atoms with van der Waals surface area (Å²) < 4.78 is 7.62. The molecule has 0 aliphatic heterocycles. The highest BCUT2D eigenvalue weighted by molar-refractivity contribution is 5.95. The van der Waals surface area contributed by atoms with Crippen LogP contribution in [0, 0.1) is 13.8 Å². The van der Waals surface area contributed by atoms with Gasteiger partial charge in [0.15, 0.2) is 0 Å². The highest BCUT2D eigenvalue weighted by Crippen LogP contribution is 2.42. The van der Waals surface area contributed by atoms with Crippen LogP contribution in [-0.4, -0.2) is 69.0 Å². The van der Waals surface area contributed by atoms with Gasteiger partial charge in [-0.1, -0.05) is 12.1 Å². The summed E-state index contributed by atoms with van der Waals surface area (Å²) in [6.45, 7) is 22.6. The van der Waals surface area contributed by atoms with Gasteiger partial charge < -0.3 is 24.8 Å². The van der Waals surface area contributed by atoms with Crippen molar-refractivity contribution in [2.24, 2.45) is 0 Å². The molecule has 0 saturated heterocycles. The molecule has 1 amide bonds. The van der Waals surface area contributed by atoms with Gasteiger partial charge in [0.2, 0.25) is 0 Å². The minimum Gasteiger partial charge on any atom is -0.495 e. The Kier molecular flexibility index (Phi) is 11.4. The van der Waals surface area contributed by atoms with Crippen molar-refractivity contribution in [2.75, 3.05) is 68.1 Å². The number of rotatable bonds is 13. The summed E-state index contributed by atoms with van der Waals surface area (Å²) in [6, 6.07) is 18.9. The molecule has 4 aromatic rings. The molecule has 0 radical (unpaired) electrons. The molecule has 8 heteroatoms. The van der Waals surface area contributed by atoms with Crippen molar-refractivity contribution >= 4 is 23.1 Å². The van der Waals surface area contributed by atoms with Gasteiger partial charge in [-0.3, -0.25) is 0 Å². The fraction of sp³-hybridized carbons (Fsp3) is 0.421. The van der Waals surface area contributed by atoms with E-state index in [4.69, 9.17) is 9.72 Å². The van der Waals surface area contributed by atoms with Crippen LogP contribution in [0.4, 0.5) is 21.9 Å². The highest BCUT2D eigenvalue weighted by atomic mass is 16.5. The average Bonchev–Trinajstić information content (AvgIpc) is 3.46. The van der Waals surface area contributed by atoms with Crippen LogP contribution in [0.1, 0.15) is 52.7 Å². The summed E-state index contributed by atoms with van der Waals surface area (Å²) in [6.07, 6.45) is 0. The van der Waals surface area contributed by atoms with Gasteiger partial charge in [0.25, 0.3) is 0 Å². The van der Waals surface area contributed by atoms with Gasteiger partial charge in [0, 0.05) is 74.4 Å². The topological polar surface area (TPSA) is 65.9 Å². The van der Waals surface area contributed by atoms with Gasteiger partial charge in [-0.2, -0.15) is 0 Å². The van der Waals surface area contributed by atoms with E-state index >= 15 is 0 Å². The number of hydrogen-bond acceptors (Lipinski definition) is 6. The number of carbonyl (C=O) groups excluding carboxylic acids is 1. The maximum atomic E-state index is 13.9. The van der Waals surface area contributed by atoms with Crippen molar-refractivity contribution in [3.8, 4) is 39.7 Å². The number of ether oxygens (including phenoxy) is 1. The smallest absolute Gasteiger partial charge is 0.327 e. The Bertz CT molecular complexity index is 1650. The number of nitrogens with zero attached hydrogens (tertiary/aromatic N) is 5. The van der Waals surface area contributed by atoms with Crippen molar-refractivity contribution in [2.45, 2.75) is 55.4 Å². The van der Waals surface area contributed by atoms with E-state index in [1.54, 1.807) is 18.7 Å². The van der Waals surface area contributed by atoms with Gasteiger partial charge in [-0.25, -0.2) is 14.3 Å². The number of aryl methyl sites for hydroxylation is 2. The first-order valence-electron chi connectivity index (χ1n) is 16.7. The molecule has 8 nitrogen and oxygen atoms in total. The average molecular weight is 625 g/mol. The first-order valence-corrected chi connectivity index (χ1v) is 16.7. The normalized spacial score (nSPS) is 11.0. The molecule has 246 valence electrons. The Morgan fingerprint density at radius 3 is 1.72 bits per heavy atom. The number of anilines is 3. The van der Waals surface area contributed by atoms with E-state index in [0.717, 1.165) is 95.6 Å². The quantitative estimate of drug-likeness (QED) is 0.162. The number of methoxy groups -OCH3 is 1. The van der Waals surface area contributed by atoms with Crippen molar-refractivity contribution in [1.82, 2.24) is 14.9 Å². The van der Waals surface area contributed by atoms with Crippen molar-refractivity contribution in [3.05, 3.63) is 65.7 Å². The Labute approximate surface area is 276 Å². The second-order valence-electron chi connectivity index (χ2n) is 11.4. The molecule has 0 unspecified atom stereocenters. The van der Waals surface area contributed by atoms with E-state index in [2.05, 4.69) is 118 Å². The van der Waals surface area contributed by atoms with Crippen molar-refractivity contribution < 1.29 is 9.53 Å². The molecule has 0 bridgehead atoms. The number of aromatic nitrogens is 2. The van der Waals surface area contributed by atoms with Crippen LogP contribution in [0.15, 0.2) is 54.6 Å². The third-order valence-corrected chi connectivity index (χ3v) is 9.02. The molecule has 0 spiro atoms. The van der Waals surface area contributed by atoms with Crippen molar-refractivity contribution in [1.29, 1.82) is 0 Å². The lowest BCUT2D eigenvalue weighted by Gasteiger charge is -2.24. The van der Waals surface area contributed by atoms with Crippen LogP contribution in [-0.2, 0) is 0 Å². The van der Waals surface area contributed by atoms with Gasteiger partial charge in [0.05, 0.1) is 24.2 Å². The van der Waals surface area contributed by atoms with E-state index in [1.165, 1.54) is 5.69 Å². The van der Waals surface area contributed by atoms with Crippen LogP contribution in [0.3, 0.4) is 0 Å². The van der Waals surface area contributed by atoms with Gasteiger partial charge in [0.1, 0.15) is 11.6 Å². The molecule has 0 saturated carbocycles. The summed E-state index contributed by atoms with van der Waals surface area (Å²) in [5, 5.41) is 2.89. The second-order valence-corrected chi connectivity index (χ2v) is 11.4. The van der Waals surface area contributed by atoms with Gasteiger partial charge in [-0.15, -0.1) is 0 Å². The Morgan fingerprint density at radius 2 is 1.26 bits per heavy atom. The molecule has 46 heavy (non-hydrogen) atoms. The maximum Gasteiger partial charge on any atom is 0.327 e. The largest absolute Gasteiger partial charge is 0.495 e. The van der Waals surface area contributed by atoms with Gasteiger partial charge in [-0.05, 0) is 109 Å². The number of nitrogens with one attached hydrogen (secondary N) is 1. The lowest BCUT2D eigenvalue weighted by Crippen LogP contribution is -2.26. The molecular weight excluding hydrogens is 572 g/mol. The van der Waals surface area contributed by atoms with Crippen LogP contribution < -0.4 is 24.8 Å². The summed E-state index contributed by atoms with van der Waals surface area (Å²) in [5.41, 5.74) is 9.83. The third kappa shape index (κ3) is 6.57. The summed E-state index contributed by atoms with van der Waals surface area (Å²) in [5.74, 6) is 1.31. The molecule has 0 atom stereocenters. The minimum atomic E-state index is -0.250. The van der Waals surface area contributed by atoms with E-state index in [9.17, 15) is 4.79 Å². The third-order valence-electron chi connectivity index (χ3n) is 9.02. The Morgan fingerprint density at radius 1 is 0.739 bits per heavy atom. The molecule has 1 N–H and O–H groups in total. The standard InChI is InChI=1S/C38H52N6O2/c1-11-41(12-2)29-18-20-31(26(7)23-29)35-36(32-21-19-30(24-27(32)8)42(13-3)14-4)44(38(45)39-9)37(40-35)28-17-22-33(34(25-28)46-10)43(15-5)16-6/h17-25H,11-16H2,1-10H3,(H,39,45). The lowest BCUT2D eigenvalue weighted by atomic mass is 9.97. The van der Waals surface area contributed by atoms with Crippen LogP contribution in [0.2, 0.25) is 0 Å². The van der Waals surface area contributed by atoms with Crippen LogP contribution in [0.25, 0.3) is 33.9 Å². The molecular formula is C38H52N6O2. The Hall–Kier alpha value is -4.46. The van der Waals surface area contributed by atoms with E-state index in [-0.39, 0.29) is 6.03 Å². The summed E-state index contributed by atoms with van der Waals surface area (Å²) in [4.78, 5) is 26.1. The lowest BCUT2D eigenvalue weighted by molar-refractivity contribution is 0.245. The summed E-state index contributed by atoms with van der Waals surface area (Å²) >= 11 is 0. The molecule has 0 aliphatic carbocycles. The van der Waals surface area contributed by atoms with E-state index < -0.39 is 0 Å².